The first-order valence-corrected chi connectivity index (χ1v) is 11.3. The standard InChI is InChI=1S/C22H21ClIN3O3/c23-19-10-9-17(21(28)26-16-7-3-14(4-8-16)22(29)30)20-18(19)11-25-27(20)12-13-1-5-15(24)6-2-13/h1-2,5-6,9-11,14,16H,3-4,7-8,12H2,(H,26,28)(H,29,30). The minimum atomic E-state index is -0.751. The number of hydrogen-bond acceptors (Lipinski definition) is 3. The second kappa shape index (κ2) is 8.93. The van der Waals surface area contributed by atoms with Gasteiger partial charge < -0.3 is 10.4 Å². The van der Waals surface area contributed by atoms with Gasteiger partial charge in [-0.05, 0) is 78.1 Å². The highest BCUT2D eigenvalue weighted by atomic mass is 127. The summed E-state index contributed by atoms with van der Waals surface area (Å²) in [4.78, 5) is 24.2. The smallest absolute Gasteiger partial charge is 0.306 e. The summed E-state index contributed by atoms with van der Waals surface area (Å²) in [5, 5.41) is 18.0. The quantitative estimate of drug-likeness (QED) is 0.462. The summed E-state index contributed by atoms with van der Waals surface area (Å²) in [6, 6.07) is 11.6. The molecule has 1 aromatic heterocycles. The average molecular weight is 538 g/mol. The molecule has 1 aliphatic rings. The van der Waals surface area contributed by atoms with Gasteiger partial charge >= 0.3 is 5.97 Å². The molecule has 0 aliphatic heterocycles. The molecular weight excluding hydrogens is 517 g/mol. The van der Waals surface area contributed by atoms with Crippen LogP contribution in [0.4, 0.5) is 0 Å². The number of amides is 1. The van der Waals surface area contributed by atoms with Crippen LogP contribution >= 0.6 is 34.2 Å². The zero-order valence-electron chi connectivity index (χ0n) is 16.1. The number of aliphatic carboxylic acids is 1. The summed E-state index contributed by atoms with van der Waals surface area (Å²) in [6.07, 6.45) is 4.20. The van der Waals surface area contributed by atoms with Crippen molar-refractivity contribution >= 4 is 57.0 Å². The number of fused-ring (bicyclic) bond motifs is 1. The Hall–Kier alpha value is -2.13. The largest absolute Gasteiger partial charge is 0.481 e. The van der Waals surface area contributed by atoms with E-state index in [4.69, 9.17) is 16.7 Å². The Kier molecular flexibility index (Phi) is 6.29. The van der Waals surface area contributed by atoms with Crippen molar-refractivity contribution in [3.05, 3.63) is 62.3 Å². The lowest BCUT2D eigenvalue weighted by atomic mass is 9.86. The maximum absolute atomic E-state index is 13.1. The summed E-state index contributed by atoms with van der Waals surface area (Å²) in [7, 11) is 0. The van der Waals surface area contributed by atoms with Gasteiger partial charge in [-0.1, -0.05) is 23.7 Å². The third kappa shape index (κ3) is 4.46. The van der Waals surface area contributed by atoms with Crippen molar-refractivity contribution in [3.63, 3.8) is 0 Å². The summed E-state index contributed by atoms with van der Waals surface area (Å²) in [6.45, 7) is 0.533. The maximum atomic E-state index is 13.1. The van der Waals surface area contributed by atoms with Gasteiger partial charge in [0.15, 0.2) is 0 Å². The molecule has 1 amide bonds. The number of nitrogens with one attached hydrogen (secondary N) is 1. The monoisotopic (exact) mass is 537 g/mol. The molecule has 0 bridgehead atoms. The van der Waals surface area contributed by atoms with Crippen molar-refractivity contribution in [2.24, 2.45) is 5.92 Å². The van der Waals surface area contributed by atoms with E-state index in [-0.39, 0.29) is 17.9 Å². The van der Waals surface area contributed by atoms with Crippen LogP contribution in [-0.4, -0.2) is 32.8 Å². The maximum Gasteiger partial charge on any atom is 0.306 e. The van der Waals surface area contributed by atoms with E-state index in [1.807, 2.05) is 24.3 Å². The molecule has 0 atom stereocenters. The first kappa shape index (κ1) is 21.1. The lowest BCUT2D eigenvalue weighted by Gasteiger charge is -2.27. The minimum absolute atomic E-state index is 0.0219. The Balaban J connectivity index is 1.58. The number of rotatable bonds is 5. The molecule has 156 valence electrons. The zero-order chi connectivity index (χ0) is 21.3. The number of carbonyl (C=O) groups excluding carboxylic acids is 1. The number of carboxylic acids is 1. The van der Waals surface area contributed by atoms with Crippen molar-refractivity contribution in [1.82, 2.24) is 15.1 Å². The van der Waals surface area contributed by atoms with E-state index in [0.717, 1.165) is 14.5 Å². The van der Waals surface area contributed by atoms with Crippen molar-refractivity contribution in [2.75, 3.05) is 0 Å². The Bertz CT molecular complexity index is 1090. The van der Waals surface area contributed by atoms with Gasteiger partial charge in [0.1, 0.15) is 0 Å². The molecule has 6 nitrogen and oxygen atoms in total. The van der Waals surface area contributed by atoms with Gasteiger partial charge in [-0.25, -0.2) is 0 Å². The Morgan fingerprint density at radius 2 is 1.83 bits per heavy atom. The Labute approximate surface area is 192 Å². The molecular formula is C22H21ClIN3O3. The molecule has 2 aromatic carbocycles. The predicted octanol–water partition coefficient (Wildman–Crippen LogP) is 4.72. The summed E-state index contributed by atoms with van der Waals surface area (Å²) >= 11 is 8.63. The van der Waals surface area contributed by atoms with Crippen LogP contribution in [0.5, 0.6) is 0 Å². The summed E-state index contributed by atoms with van der Waals surface area (Å²) < 4.78 is 2.96. The van der Waals surface area contributed by atoms with Crippen LogP contribution in [0.15, 0.2) is 42.6 Å². The number of carbonyl (C=O) groups is 2. The van der Waals surface area contributed by atoms with Crippen LogP contribution in [0.3, 0.4) is 0 Å². The van der Waals surface area contributed by atoms with Crippen molar-refractivity contribution in [2.45, 2.75) is 38.3 Å². The number of benzene rings is 2. The number of carboxylic acid groups (broad SMARTS) is 1. The molecule has 1 heterocycles. The van der Waals surface area contributed by atoms with E-state index in [2.05, 4.69) is 33.0 Å². The van der Waals surface area contributed by atoms with Crippen LogP contribution in [0.25, 0.3) is 10.9 Å². The van der Waals surface area contributed by atoms with Crippen LogP contribution < -0.4 is 5.32 Å². The third-order valence-electron chi connectivity index (χ3n) is 5.65. The molecule has 0 saturated heterocycles. The first-order valence-electron chi connectivity index (χ1n) is 9.84. The van der Waals surface area contributed by atoms with E-state index in [0.29, 0.717) is 48.3 Å². The van der Waals surface area contributed by atoms with Crippen LogP contribution in [0, 0.1) is 9.49 Å². The average Bonchev–Trinajstić information content (AvgIpc) is 3.15. The number of halogens is 2. The van der Waals surface area contributed by atoms with Gasteiger partial charge in [-0.3, -0.25) is 14.3 Å². The molecule has 30 heavy (non-hydrogen) atoms. The SMILES string of the molecule is O=C(NC1CCC(C(=O)O)CC1)c1ccc(Cl)c2cnn(Cc3ccc(I)cc3)c12. The van der Waals surface area contributed by atoms with E-state index >= 15 is 0 Å². The number of aromatic nitrogens is 2. The Morgan fingerprint density at radius 3 is 2.50 bits per heavy atom. The van der Waals surface area contributed by atoms with Gasteiger partial charge in [0.2, 0.25) is 0 Å². The van der Waals surface area contributed by atoms with E-state index in [1.165, 1.54) is 0 Å². The molecule has 3 aromatic rings. The summed E-state index contributed by atoms with van der Waals surface area (Å²) in [5.41, 5.74) is 2.31. The minimum Gasteiger partial charge on any atom is -0.481 e. The number of hydrogen-bond donors (Lipinski definition) is 2. The Morgan fingerprint density at radius 1 is 1.13 bits per heavy atom. The van der Waals surface area contributed by atoms with Crippen LogP contribution in [-0.2, 0) is 11.3 Å². The van der Waals surface area contributed by atoms with E-state index < -0.39 is 5.97 Å². The topological polar surface area (TPSA) is 84.2 Å². The molecule has 1 aliphatic carbocycles. The van der Waals surface area contributed by atoms with Crippen LogP contribution in [0.2, 0.25) is 5.02 Å². The summed E-state index contributed by atoms with van der Waals surface area (Å²) in [5.74, 6) is -1.24. The lowest BCUT2D eigenvalue weighted by Crippen LogP contribution is -2.38. The van der Waals surface area contributed by atoms with Gasteiger partial charge in [-0.2, -0.15) is 5.10 Å². The molecule has 8 heteroatoms. The first-order chi connectivity index (χ1) is 14.4. The fraction of sp³-hybridized carbons (Fsp3) is 0.318. The molecule has 4 rings (SSSR count). The second-order valence-electron chi connectivity index (χ2n) is 7.65. The van der Waals surface area contributed by atoms with Gasteiger partial charge in [0.25, 0.3) is 5.91 Å². The molecule has 1 saturated carbocycles. The van der Waals surface area contributed by atoms with Gasteiger partial charge in [0, 0.05) is 15.0 Å². The van der Waals surface area contributed by atoms with Gasteiger partial charge in [0.05, 0.1) is 34.8 Å². The van der Waals surface area contributed by atoms with Crippen molar-refractivity contribution < 1.29 is 14.7 Å². The normalized spacial score (nSPS) is 19.0. The third-order valence-corrected chi connectivity index (χ3v) is 6.70. The second-order valence-corrected chi connectivity index (χ2v) is 9.30. The van der Waals surface area contributed by atoms with Crippen molar-refractivity contribution in [1.29, 1.82) is 0 Å². The highest BCUT2D eigenvalue weighted by Gasteiger charge is 2.27. The molecule has 1 fully saturated rings. The van der Waals surface area contributed by atoms with Crippen LogP contribution in [0.1, 0.15) is 41.6 Å². The fourth-order valence-electron chi connectivity index (χ4n) is 3.98. The highest BCUT2D eigenvalue weighted by Crippen LogP contribution is 2.29. The highest BCUT2D eigenvalue weighted by molar-refractivity contribution is 14.1. The predicted molar refractivity (Wildman–Crippen MR) is 124 cm³/mol. The molecule has 0 radical (unpaired) electrons. The fourth-order valence-corrected chi connectivity index (χ4v) is 4.54. The van der Waals surface area contributed by atoms with E-state index in [9.17, 15) is 9.59 Å². The lowest BCUT2D eigenvalue weighted by molar-refractivity contribution is -0.142. The van der Waals surface area contributed by atoms with Gasteiger partial charge in [-0.15, -0.1) is 0 Å². The number of nitrogens with zero attached hydrogens (tertiary/aromatic N) is 2. The molecule has 2 N–H and O–H groups in total. The zero-order valence-corrected chi connectivity index (χ0v) is 19.1. The molecule has 0 spiro atoms. The van der Waals surface area contributed by atoms with Crippen molar-refractivity contribution in [3.8, 4) is 0 Å². The van der Waals surface area contributed by atoms with E-state index in [1.54, 1.807) is 23.0 Å². The molecule has 0 unspecified atom stereocenters.